The van der Waals surface area contributed by atoms with Gasteiger partial charge in [-0.25, -0.2) is 8.42 Å². The van der Waals surface area contributed by atoms with Crippen molar-refractivity contribution in [2.24, 2.45) is 5.73 Å². The second-order valence-corrected chi connectivity index (χ2v) is 6.32. The maximum atomic E-state index is 12.2. The first-order valence-corrected chi connectivity index (χ1v) is 7.30. The van der Waals surface area contributed by atoms with Gasteiger partial charge < -0.3 is 14.9 Å². The third-order valence-corrected chi connectivity index (χ3v) is 4.84. The molecule has 1 fully saturated rings. The summed E-state index contributed by atoms with van der Waals surface area (Å²) in [6.07, 6.45) is 0.467. The molecule has 2 atom stereocenters. The van der Waals surface area contributed by atoms with Gasteiger partial charge in [0, 0.05) is 6.61 Å². The molecular formula is C11H18N2O4S. The molecule has 6 nitrogen and oxygen atoms in total. The lowest BCUT2D eigenvalue weighted by molar-refractivity contribution is 0.0956. The highest BCUT2D eigenvalue weighted by Gasteiger charge is 2.41. The number of sulfonamides is 1. The van der Waals surface area contributed by atoms with Gasteiger partial charge in [0.25, 0.3) is 10.0 Å². The van der Waals surface area contributed by atoms with Crippen LogP contribution in [0.5, 0.6) is 0 Å². The van der Waals surface area contributed by atoms with Crippen molar-refractivity contribution in [2.75, 3.05) is 6.61 Å². The van der Waals surface area contributed by atoms with Crippen molar-refractivity contribution in [3.05, 3.63) is 17.9 Å². The molecule has 2 unspecified atom stereocenters. The van der Waals surface area contributed by atoms with Gasteiger partial charge in [-0.1, -0.05) is 0 Å². The van der Waals surface area contributed by atoms with Crippen LogP contribution in [0.1, 0.15) is 26.0 Å². The van der Waals surface area contributed by atoms with E-state index in [1.165, 1.54) is 6.07 Å². The van der Waals surface area contributed by atoms with Gasteiger partial charge in [-0.15, -0.1) is 0 Å². The fraction of sp³-hybridized carbons (Fsp3) is 0.636. The Labute approximate surface area is 107 Å². The number of ether oxygens (including phenoxy) is 1. The van der Waals surface area contributed by atoms with Gasteiger partial charge in [-0.05, 0) is 32.4 Å². The molecule has 0 spiro atoms. The van der Waals surface area contributed by atoms with E-state index in [1.807, 2.05) is 13.8 Å². The van der Waals surface area contributed by atoms with Gasteiger partial charge in [-0.2, -0.15) is 4.72 Å². The minimum absolute atomic E-state index is 0.108. The Morgan fingerprint density at radius 2 is 2.28 bits per heavy atom. The van der Waals surface area contributed by atoms with E-state index < -0.39 is 15.6 Å². The number of hydrogen-bond acceptors (Lipinski definition) is 5. The van der Waals surface area contributed by atoms with Crippen molar-refractivity contribution in [3.8, 4) is 0 Å². The van der Waals surface area contributed by atoms with Crippen molar-refractivity contribution >= 4 is 10.0 Å². The number of rotatable bonds is 4. The van der Waals surface area contributed by atoms with Gasteiger partial charge in [0.2, 0.25) is 5.09 Å². The molecule has 0 radical (unpaired) electrons. The maximum absolute atomic E-state index is 12.2. The van der Waals surface area contributed by atoms with Crippen LogP contribution in [0.25, 0.3) is 0 Å². The summed E-state index contributed by atoms with van der Waals surface area (Å²) in [5, 5.41) is -0.108. The molecule has 1 saturated heterocycles. The summed E-state index contributed by atoms with van der Waals surface area (Å²) >= 11 is 0. The zero-order valence-corrected chi connectivity index (χ0v) is 11.3. The predicted octanol–water partition coefficient (Wildman–Crippen LogP) is 0.584. The Bertz CT molecular complexity index is 525. The van der Waals surface area contributed by atoms with E-state index in [9.17, 15) is 8.42 Å². The summed E-state index contributed by atoms with van der Waals surface area (Å²) < 4.78 is 37.6. The van der Waals surface area contributed by atoms with E-state index >= 15 is 0 Å². The zero-order valence-electron chi connectivity index (χ0n) is 10.5. The molecule has 1 aliphatic rings. The first kappa shape index (κ1) is 13.5. The zero-order chi connectivity index (χ0) is 13.4. The lowest BCUT2D eigenvalue weighted by Crippen LogP contribution is -2.50. The van der Waals surface area contributed by atoms with E-state index in [0.717, 1.165) is 0 Å². The molecule has 2 rings (SSSR count). The van der Waals surface area contributed by atoms with Crippen LogP contribution in [-0.4, -0.2) is 26.7 Å². The van der Waals surface area contributed by atoms with E-state index in [0.29, 0.717) is 18.8 Å². The number of furan rings is 1. The highest BCUT2D eigenvalue weighted by Crippen LogP contribution is 2.27. The Hall–Kier alpha value is -0.890. The molecule has 1 aromatic rings. The first-order chi connectivity index (χ1) is 8.37. The van der Waals surface area contributed by atoms with Gasteiger partial charge in [0.05, 0.1) is 18.2 Å². The van der Waals surface area contributed by atoms with Crippen LogP contribution in [0.4, 0.5) is 0 Å². The van der Waals surface area contributed by atoms with Crippen LogP contribution in [0.2, 0.25) is 0 Å². The first-order valence-electron chi connectivity index (χ1n) is 5.82. The molecule has 0 bridgehead atoms. The number of nitrogens with two attached hydrogens (primary N) is 1. The topological polar surface area (TPSA) is 94.6 Å². The van der Waals surface area contributed by atoms with E-state index in [4.69, 9.17) is 14.9 Å². The number of nitrogens with one attached hydrogen (secondary N) is 1. The van der Waals surface area contributed by atoms with Crippen LogP contribution >= 0.6 is 0 Å². The van der Waals surface area contributed by atoms with Crippen molar-refractivity contribution in [1.29, 1.82) is 0 Å². The molecule has 0 amide bonds. The van der Waals surface area contributed by atoms with E-state index in [-0.39, 0.29) is 17.7 Å². The molecule has 0 aromatic carbocycles. The summed E-state index contributed by atoms with van der Waals surface area (Å²) in [5.74, 6) is 0.441. The summed E-state index contributed by atoms with van der Waals surface area (Å²) in [6.45, 7) is 4.40. The fourth-order valence-corrected chi connectivity index (χ4v) is 3.38. The third kappa shape index (κ3) is 2.44. The summed E-state index contributed by atoms with van der Waals surface area (Å²) in [5.41, 5.74) is 4.79. The average molecular weight is 274 g/mol. The van der Waals surface area contributed by atoms with Crippen molar-refractivity contribution < 1.29 is 17.6 Å². The molecule has 18 heavy (non-hydrogen) atoms. The standard InChI is InChI=1S/C11H18N2O4S/c1-8-11(2,5-6-16-8)13-18(14,15)10-4-3-9(7-12)17-10/h3-4,8,13H,5-7,12H2,1-2H3. The van der Waals surface area contributed by atoms with Crippen molar-refractivity contribution in [2.45, 2.75) is 43.5 Å². The molecule has 0 aliphatic carbocycles. The molecule has 102 valence electrons. The lowest BCUT2D eigenvalue weighted by atomic mass is 9.97. The van der Waals surface area contributed by atoms with Gasteiger partial charge >= 0.3 is 0 Å². The van der Waals surface area contributed by atoms with Crippen molar-refractivity contribution in [1.82, 2.24) is 4.72 Å². The van der Waals surface area contributed by atoms with Crippen LogP contribution < -0.4 is 10.5 Å². The Balaban J connectivity index is 2.22. The van der Waals surface area contributed by atoms with Crippen LogP contribution in [0.15, 0.2) is 21.6 Å². The molecular weight excluding hydrogens is 256 g/mol. The third-order valence-electron chi connectivity index (χ3n) is 3.36. The molecule has 1 aromatic heterocycles. The Kier molecular flexibility index (Phi) is 3.50. The normalized spacial score (nSPS) is 28.7. The Morgan fingerprint density at radius 1 is 1.56 bits per heavy atom. The van der Waals surface area contributed by atoms with Crippen LogP contribution in [0, 0.1) is 0 Å². The van der Waals surface area contributed by atoms with Gasteiger partial charge in [0.1, 0.15) is 5.76 Å². The molecule has 1 aliphatic heterocycles. The van der Waals surface area contributed by atoms with Crippen LogP contribution in [-0.2, 0) is 21.3 Å². The summed E-state index contributed by atoms with van der Waals surface area (Å²) in [7, 11) is -3.68. The van der Waals surface area contributed by atoms with E-state index in [2.05, 4.69) is 4.72 Å². The molecule has 0 saturated carbocycles. The lowest BCUT2D eigenvalue weighted by Gasteiger charge is -2.27. The largest absolute Gasteiger partial charge is 0.447 e. The minimum atomic E-state index is -3.68. The SMILES string of the molecule is CC1OCCC1(C)NS(=O)(=O)c1ccc(CN)o1. The average Bonchev–Trinajstić information content (AvgIpc) is 2.87. The fourth-order valence-electron chi connectivity index (χ4n) is 1.94. The molecule has 3 N–H and O–H groups in total. The Morgan fingerprint density at radius 3 is 2.78 bits per heavy atom. The summed E-state index contributed by atoms with van der Waals surface area (Å²) in [4.78, 5) is 0. The second kappa shape index (κ2) is 4.65. The van der Waals surface area contributed by atoms with E-state index in [1.54, 1.807) is 6.07 Å². The van der Waals surface area contributed by atoms with Gasteiger partial charge in [0.15, 0.2) is 0 Å². The summed E-state index contributed by atoms with van der Waals surface area (Å²) in [6, 6.07) is 2.97. The van der Waals surface area contributed by atoms with Gasteiger partial charge in [-0.3, -0.25) is 0 Å². The molecule has 7 heteroatoms. The monoisotopic (exact) mass is 274 g/mol. The minimum Gasteiger partial charge on any atom is -0.447 e. The smallest absolute Gasteiger partial charge is 0.274 e. The highest BCUT2D eigenvalue weighted by molar-refractivity contribution is 7.89. The quantitative estimate of drug-likeness (QED) is 0.837. The number of hydrogen-bond donors (Lipinski definition) is 2. The molecule has 2 heterocycles. The predicted molar refractivity (Wildman–Crippen MR) is 65.4 cm³/mol. The van der Waals surface area contributed by atoms with Crippen molar-refractivity contribution in [3.63, 3.8) is 0 Å². The maximum Gasteiger partial charge on any atom is 0.274 e. The highest BCUT2D eigenvalue weighted by atomic mass is 32.2. The van der Waals surface area contributed by atoms with Crippen LogP contribution in [0.3, 0.4) is 0 Å². The second-order valence-electron chi connectivity index (χ2n) is 4.71.